The van der Waals surface area contributed by atoms with Gasteiger partial charge < -0.3 is 5.32 Å². The van der Waals surface area contributed by atoms with E-state index in [0.717, 1.165) is 17.1 Å². The van der Waals surface area contributed by atoms with Gasteiger partial charge in [0, 0.05) is 18.1 Å². The highest BCUT2D eigenvalue weighted by Crippen LogP contribution is 2.13. The summed E-state index contributed by atoms with van der Waals surface area (Å²) in [5, 5.41) is 8.27. The summed E-state index contributed by atoms with van der Waals surface area (Å²) in [7, 11) is 0. The molecule has 0 atom stereocenters. The second kappa shape index (κ2) is 5.75. The average Bonchev–Trinajstić information content (AvgIpc) is 2.95. The zero-order valence-corrected chi connectivity index (χ0v) is 11.5. The largest absolute Gasteiger partial charge is 0.379 e. The molecule has 0 aliphatic rings. The van der Waals surface area contributed by atoms with Gasteiger partial charge in [-0.25, -0.2) is 9.67 Å². The molecule has 0 bridgehead atoms. The number of benzene rings is 1. The second-order valence-electron chi connectivity index (χ2n) is 4.31. The maximum atomic E-state index is 5.84. The molecule has 2 heterocycles. The predicted octanol–water partition coefficient (Wildman–Crippen LogP) is 3.53. The van der Waals surface area contributed by atoms with E-state index in [-0.39, 0.29) is 0 Å². The Morgan fingerprint density at radius 1 is 1.10 bits per heavy atom. The molecule has 0 radical (unpaired) electrons. The van der Waals surface area contributed by atoms with E-state index in [2.05, 4.69) is 15.4 Å². The lowest BCUT2D eigenvalue weighted by atomic mass is 10.3. The van der Waals surface area contributed by atoms with Crippen molar-refractivity contribution in [3.63, 3.8) is 0 Å². The molecule has 0 saturated carbocycles. The van der Waals surface area contributed by atoms with Crippen LogP contribution in [-0.4, -0.2) is 14.8 Å². The number of hydrogen-bond acceptors (Lipinski definition) is 3. The van der Waals surface area contributed by atoms with Crippen LogP contribution in [0.5, 0.6) is 0 Å². The molecule has 0 fully saturated rings. The molecule has 0 unspecified atom stereocenters. The number of pyridine rings is 1. The topological polar surface area (TPSA) is 42.7 Å². The molecule has 0 aliphatic carbocycles. The standard InChI is InChI=1S/C15H13ClN4/c16-15-10-12(6-8-17-15)18-11-13-7-9-20(19-13)14-4-2-1-3-5-14/h1-10H,11H2,(H,17,18). The Morgan fingerprint density at radius 3 is 2.75 bits per heavy atom. The van der Waals surface area contributed by atoms with Crippen LogP contribution < -0.4 is 5.32 Å². The number of halogens is 1. The Morgan fingerprint density at radius 2 is 1.95 bits per heavy atom. The van der Waals surface area contributed by atoms with Crippen molar-refractivity contribution in [2.45, 2.75) is 6.54 Å². The third kappa shape index (κ3) is 2.97. The fourth-order valence-electron chi connectivity index (χ4n) is 1.89. The first-order valence-corrected chi connectivity index (χ1v) is 6.64. The number of para-hydroxylation sites is 1. The third-order valence-electron chi connectivity index (χ3n) is 2.87. The van der Waals surface area contributed by atoms with Gasteiger partial charge in [0.05, 0.1) is 17.9 Å². The van der Waals surface area contributed by atoms with E-state index in [1.807, 2.05) is 53.3 Å². The van der Waals surface area contributed by atoms with Crippen LogP contribution in [0.1, 0.15) is 5.69 Å². The van der Waals surface area contributed by atoms with Gasteiger partial charge in [-0.15, -0.1) is 0 Å². The van der Waals surface area contributed by atoms with Crippen LogP contribution in [0.25, 0.3) is 5.69 Å². The lowest BCUT2D eigenvalue weighted by Crippen LogP contribution is -2.02. The van der Waals surface area contributed by atoms with Gasteiger partial charge in [-0.1, -0.05) is 29.8 Å². The molecule has 0 amide bonds. The van der Waals surface area contributed by atoms with Crippen LogP contribution in [0.4, 0.5) is 5.69 Å². The van der Waals surface area contributed by atoms with Crippen LogP contribution in [0, 0.1) is 0 Å². The normalized spacial score (nSPS) is 10.4. The van der Waals surface area contributed by atoms with Crippen molar-refractivity contribution in [2.24, 2.45) is 0 Å². The molecule has 20 heavy (non-hydrogen) atoms. The molecule has 4 nitrogen and oxygen atoms in total. The van der Waals surface area contributed by atoms with E-state index in [9.17, 15) is 0 Å². The van der Waals surface area contributed by atoms with Crippen molar-refractivity contribution >= 4 is 17.3 Å². The Kier molecular flexibility index (Phi) is 3.65. The van der Waals surface area contributed by atoms with Crippen molar-refractivity contribution in [3.05, 3.63) is 71.8 Å². The van der Waals surface area contributed by atoms with Crippen molar-refractivity contribution in [1.29, 1.82) is 0 Å². The highest BCUT2D eigenvalue weighted by Gasteiger charge is 2.01. The Balaban J connectivity index is 1.69. The predicted molar refractivity (Wildman–Crippen MR) is 80.1 cm³/mol. The van der Waals surface area contributed by atoms with E-state index in [4.69, 9.17) is 11.6 Å². The summed E-state index contributed by atoms with van der Waals surface area (Å²) >= 11 is 5.84. The number of anilines is 1. The van der Waals surface area contributed by atoms with Crippen LogP contribution in [-0.2, 0) is 6.54 Å². The van der Waals surface area contributed by atoms with Gasteiger partial charge in [0.15, 0.2) is 0 Å². The number of hydrogen-bond donors (Lipinski definition) is 1. The zero-order chi connectivity index (χ0) is 13.8. The lowest BCUT2D eigenvalue weighted by molar-refractivity contribution is 0.844. The van der Waals surface area contributed by atoms with Gasteiger partial charge >= 0.3 is 0 Å². The highest BCUT2D eigenvalue weighted by atomic mass is 35.5. The number of nitrogens with zero attached hydrogens (tertiary/aromatic N) is 3. The molecule has 2 aromatic heterocycles. The molecule has 0 aliphatic heterocycles. The van der Waals surface area contributed by atoms with Gasteiger partial charge in [-0.3, -0.25) is 0 Å². The van der Waals surface area contributed by atoms with Gasteiger partial charge in [0.25, 0.3) is 0 Å². The summed E-state index contributed by atoms with van der Waals surface area (Å²) in [6, 6.07) is 15.7. The smallest absolute Gasteiger partial charge is 0.131 e. The van der Waals surface area contributed by atoms with Crippen molar-refractivity contribution < 1.29 is 0 Å². The minimum absolute atomic E-state index is 0.477. The first-order chi connectivity index (χ1) is 9.81. The van der Waals surface area contributed by atoms with E-state index >= 15 is 0 Å². The number of aromatic nitrogens is 3. The van der Waals surface area contributed by atoms with Crippen molar-refractivity contribution in [2.75, 3.05) is 5.32 Å². The van der Waals surface area contributed by atoms with Crippen LogP contribution in [0.2, 0.25) is 5.15 Å². The number of rotatable bonds is 4. The van der Waals surface area contributed by atoms with Gasteiger partial charge in [0.2, 0.25) is 0 Å². The molecular formula is C15H13ClN4. The SMILES string of the molecule is Clc1cc(NCc2ccn(-c3ccccc3)n2)ccn1. The highest BCUT2D eigenvalue weighted by molar-refractivity contribution is 6.29. The number of nitrogens with one attached hydrogen (secondary N) is 1. The molecule has 1 aromatic carbocycles. The van der Waals surface area contributed by atoms with E-state index < -0.39 is 0 Å². The fourth-order valence-corrected chi connectivity index (χ4v) is 2.06. The van der Waals surface area contributed by atoms with Gasteiger partial charge in [-0.2, -0.15) is 5.10 Å². The van der Waals surface area contributed by atoms with E-state index in [1.165, 1.54) is 0 Å². The molecule has 0 saturated heterocycles. The minimum atomic E-state index is 0.477. The monoisotopic (exact) mass is 284 g/mol. The molecule has 3 aromatic rings. The maximum absolute atomic E-state index is 5.84. The van der Waals surface area contributed by atoms with Gasteiger partial charge in [-0.05, 0) is 30.3 Å². The van der Waals surface area contributed by atoms with E-state index in [1.54, 1.807) is 12.3 Å². The second-order valence-corrected chi connectivity index (χ2v) is 4.70. The molecule has 100 valence electrons. The summed E-state index contributed by atoms with van der Waals surface area (Å²) in [5.41, 5.74) is 2.94. The average molecular weight is 285 g/mol. The van der Waals surface area contributed by atoms with Crippen LogP contribution >= 0.6 is 11.6 Å². The Labute approximate surface area is 122 Å². The molecular weight excluding hydrogens is 272 g/mol. The first-order valence-electron chi connectivity index (χ1n) is 6.27. The van der Waals surface area contributed by atoms with Crippen molar-refractivity contribution in [3.8, 4) is 5.69 Å². The molecule has 3 rings (SSSR count). The van der Waals surface area contributed by atoms with E-state index in [0.29, 0.717) is 11.7 Å². The first kappa shape index (κ1) is 12.7. The van der Waals surface area contributed by atoms with Crippen molar-refractivity contribution in [1.82, 2.24) is 14.8 Å². The Hall–Kier alpha value is -2.33. The molecule has 0 spiro atoms. The molecule has 1 N–H and O–H groups in total. The summed E-state index contributed by atoms with van der Waals surface area (Å²) in [4.78, 5) is 3.94. The van der Waals surface area contributed by atoms with Crippen LogP contribution in [0.15, 0.2) is 60.9 Å². The fraction of sp³-hybridized carbons (Fsp3) is 0.0667. The summed E-state index contributed by atoms with van der Waals surface area (Å²) in [6.45, 7) is 0.639. The van der Waals surface area contributed by atoms with Crippen LogP contribution in [0.3, 0.4) is 0 Å². The summed E-state index contributed by atoms with van der Waals surface area (Å²) in [6.07, 6.45) is 3.62. The lowest BCUT2D eigenvalue weighted by Gasteiger charge is -2.04. The Bertz CT molecular complexity index is 694. The summed E-state index contributed by atoms with van der Waals surface area (Å²) in [5.74, 6) is 0. The minimum Gasteiger partial charge on any atom is -0.379 e. The maximum Gasteiger partial charge on any atom is 0.131 e. The quantitative estimate of drug-likeness (QED) is 0.745. The molecule has 5 heteroatoms. The summed E-state index contributed by atoms with van der Waals surface area (Å²) < 4.78 is 1.86. The third-order valence-corrected chi connectivity index (χ3v) is 3.07. The zero-order valence-electron chi connectivity index (χ0n) is 10.7. The van der Waals surface area contributed by atoms with Gasteiger partial charge in [0.1, 0.15) is 5.15 Å².